The van der Waals surface area contributed by atoms with Crippen LogP contribution in [0, 0.1) is 0 Å². The molecule has 1 unspecified atom stereocenters. The average Bonchev–Trinajstić information content (AvgIpc) is 2.88. The van der Waals surface area contributed by atoms with Crippen molar-refractivity contribution in [2.75, 3.05) is 18.1 Å². The molecule has 2 rings (SSSR count). The first-order valence-corrected chi connectivity index (χ1v) is 8.11. The van der Waals surface area contributed by atoms with Gasteiger partial charge in [0.05, 0.1) is 18.1 Å². The van der Waals surface area contributed by atoms with Crippen molar-refractivity contribution in [1.82, 2.24) is 9.29 Å². The summed E-state index contributed by atoms with van der Waals surface area (Å²) < 4.78 is 24.3. The fraction of sp³-hybridized carbons (Fsp3) is 0.417. The largest absolute Gasteiger partial charge is 0.477 e. The van der Waals surface area contributed by atoms with Gasteiger partial charge in [0, 0.05) is 6.54 Å². The van der Waals surface area contributed by atoms with E-state index in [1.165, 1.54) is 22.6 Å². The minimum Gasteiger partial charge on any atom is -0.477 e. The first kappa shape index (κ1) is 15.4. The van der Waals surface area contributed by atoms with Crippen molar-refractivity contribution in [3.8, 4) is 0 Å². The van der Waals surface area contributed by atoms with Crippen LogP contribution in [0.25, 0.3) is 0 Å². The first-order valence-electron chi connectivity index (χ1n) is 6.26. The molecule has 1 atom stereocenters. The highest BCUT2D eigenvalue weighted by Gasteiger charge is 2.36. The maximum Gasteiger partial charge on any atom is 0.354 e. The Balaban J connectivity index is 2.09. The lowest BCUT2D eigenvalue weighted by Gasteiger charge is -2.21. The van der Waals surface area contributed by atoms with E-state index >= 15 is 0 Å². The number of hydrogen-bond donors (Lipinski definition) is 2. The van der Waals surface area contributed by atoms with Crippen molar-refractivity contribution in [3.63, 3.8) is 0 Å². The van der Waals surface area contributed by atoms with E-state index in [1.54, 1.807) is 0 Å². The van der Waals surface area contributed by atoms with E-state index < -0.39 is 27.9 Å². The number of nitrogens with zero attached hydrogens (tertiary/aromatic N) is 2. The molecule has 114 valence electrons. The van der Waals surface area contributed by atoms with Crippen LogP contribution in [0.2, 0.25) is 0 Å². The Morgan fingerprint density at radius 3 is 2.67 bits per heavy atom. The third kappa shape index (κ3) is 3.56. The summed E-state index contributed by atoms with van der Waals surface area (Å²) in [5.74, 6) is -1.60. The van der Waals surface area contributed by atoms with Gasteiger partial charge >= 0.3 is 5.97 Å². The second kappa shape index (κ2) is 5.78. The molecule has 1 saturated heterocycles. The third-order valence-corrected chi connectivity index (χ3v) is 4.47. The highest BCUT2D eigenvalue weighted by molar-refractivity contribution is 7.88. The number of carboxylic acid groups (broad SMARTS) is 1. The van der Waals surface area contributed by atoms with Crippen LogP contribution in [0.15, 0.2) is 18.3 Å². The minimum absolute atomic E-state index is 0.133. The summed E-state index contributed by atoms with van der Waals surface area (Å²) in [5.41, 5.74) is 0.192. The fourth-order valence-electron chi connectivity index (χ4n) is 2.22. The average molecular weight is 313 g/mol. The molecule has 0 aromatic carbocycles. The monoisotopic (exact) mass is 313 g/mol. The standard InChI is InChI=1S/C12H15N3O5S/c1-21(19,20)15-6-2-3-10(15)11(16)14-8-4-5-9(12(17)18)13-7-8/h4-5,7,10H,2-3,6H2,1H3,(H,14,16)(H,17,18). The SMILES string of the molecule is CS(=O)(=O)N1CCCC1C(=O)Nc1ccc(C(=O)O)nc1. The van der Waals surface area contributed by atoms with E-state index in [9.17, 15) is 18.0 Å². The highest BCUT2D eigenvalue weighted by atomic mass is 32.2. The summed E-state index contributed by atoms with van der Waals surface area (Å²) in [7, 11) is -3.43. The molecule has 0 saturated carbocycles. The summed E-state index contributed by atoms with van der Waals surface area (Å²) in [6.07, 6.45) is 3.38. The second-order valence-electron chi connectivity index (χ2n) is 4.76. The quantitative estimate of drug-likeness (QED) is 0.817. The van der Waals surface area contributed by atoms with E-state index in [-0.39, 0.29) is 5.69 Å². The molecule has 9 heteroatoms. The van der Waals surface area contributed by atoms with Gasteiger partial charge in [-0.2, -0.15) is 4.31 Å². The number of carboxylic acids is 1. The number of aromatic carboxylic acids is 1. The third-order valence-electron chi connectivity index (χ3n) is 3.18. The van der Waals surface area contributed by atoms with Gasteiger partial charge in [0.2, 0.25) is 15.9 Å². The van der Waals surface area contributed by atoms with Crippen LogP contribution in [0.1, 0.15) is 23.3 Å². The zero-order valence-corrected chi connectivity index (χ0v) is 12.1. The van der Waals surface area contributed by atoms with Crippen molar-refractivity contribution in [2.24, 2.45) is 0 Å². The van der Waals surface area contributed by atoms with Gasteiger partial charge in [-0.25, -0.2) is 18.2 Å². The Bertz CT molecular complexity index is 656. The Kier molecular flexibility index (Phi) is 4.24. The number of nitrogens with one attached hydrogen (secondary N) is 1. The lowest BCUT2D eigenvalue weighted by Crippen LogP contribution is -2.42. The number of sulfonamides is 1. The smallest absolute Gasteiger partial charge is 0.354 e. The molecule has 2 N–H and O–H groups in total. The molecule has 1 fully saturated rings. The van der Waals surface area contributed by atoms with E-state index in [2.05, 4.69) is 10.3 Å². The van der Waals surface area contributed by atoms with Crippen LogP contribution < -0.4 is 5.32 Å². The predicted octanol–water partition coefficient (Wildman–Crippen LogP) is 0.142. The van der Waals surface area contributed by atoms with Gasteiger partial charge in [-0.15, -0.1) is 0 Å². The van der Waals surface area contributed by atoms with Crippen molar-refractivity contribution in [3.05, 3.63) is 24.0 Å². The lowest BCUT2D eigenvalue weighted by molar-refractivity contribution is -0.119. The summed E-state index contributed by atoms with van der Waals surface area (Å²) in [5, 5.41) is 11.3. The van der Waals surface area contributed by atoms with Gasteiger partial charge in [-0.05, 0) is 25.0 Å². The topological polar surface area (TPSA) is 117 Å². The Morgan fingerprint density at radius 1 is 1.43 bits per heavy atom. The number of anilines is 1. The molecule has 8 nitrogen and oxygen atoms in total. The molecular formula is C12H15N3O5S. The van der Waals surface area contributed by atoms with E-state index in [0.717, 1.165) is 6.26 Å². The van der Waals surface area contributed by atoms with E-state index in [0.29, 0.717) is 25.1 Å². The normalized spacial score (nSPS) is 19.4. The number of pyridine rings is 1. The van der Waals surface area contributed by atoms with Crippen LogP contribution in [0.4, 0.5) is 5.69 Å². The van der Waals surface area contributed by atoms with E-state index in [1.807, 2.05) is 0 Å². The summed E-state index contributed by atoms with van der Waals surface area (Å²) in [4.78, 5) is 26.5. The van der Waals surface area contributed by atoms with Gasteiger partial charge in [-0.3, -0.25) is 4.79 Å². The maximum absolute atomic E-state index is 12.1. The fourth-order valence-corrected chi connectivity index (χ4v) is 3.34. The van der Waals surface area contributed by atoms with Crippen LogP contribution in [-0.2, 0) is 14.8 Å². The summed E-state index contributed by atoms with van der Waals surface area (Å²) in [6.45, 7) is 0.327. The predicted molar refractivity (Wildman–Crippen MR) is 74.4 cm³/mol. The van der Waals surface area contributed by atoms with Crippen molar-refractivity contribution in [1.29, 1.82) is 0 Å². The van der Waals surface area contributed by atoms with Gasteiger partial charge in [0.25, 0.3) is 0 Å². The maximum atomic E-state index is 12.1. The number of aromatic nitrogens is 1. The molecule has 0 radical (unpaired) electrons. The van der Waals surface area contributed by atoms with Gasteiger partial charge in [0.15, 0.2) is 0 Å². The molecule has 1 aliphatic heterocycles. The number of carbonyl (C=O) groups is 2. The summed E-state index contributed by atoms with van der Waals surface area (Å²) >= 11 is 0. The van der Waals surface area contributed by atoms with Gasteiger partial charge < -0.3 is 10.4 Å². The van der Waals surface area contributed by atoms with Gasteiger partial charge in [0.1, 0.15) is 11.7 Å². The molecule has 1 amide bonds. The molecule has 0 spiro atoms. The zero-order valence-electron chi connectivity index (χ0n) is 11.3. The lowest BCUT2D eigenvalue weighted by atomic mass is 10.2. The minimum atomic E-state index is -3.43. The van der Waals surface area contributed by atoms with Crippen LogP contribution in [0.5, 0.6) is 0 Å². The van der Waals surface area contributed by atoms with Crippen molar-refractivity contribution >= 4 is 27.6 Å². The Hall–Kier alpha value is -2.00. The molecule has 0 bridgehead atoms. The molecule has 1 aromatic heterocycles. The molecule has 1 aliphatic rings. The van der Waals surface area contributed by atoms with Crippen LogP contribution in [0.3, 0.4) is 0 Å². The number of hydrogen-bond acceptors (Lipinski definition) is 5. The van der Waals surface area contributed by atoms with Crippen LogP contribution >= 0.6 is 0 Å². The Morgan fingerprint density at radius 2 is 2.14 bits per heavy atom. The Labute approximate surface area is 121 Å². The highest BCUT2D eigenvalue weighted by Crippen LogP contribution is 2.21. The molecular weight excluding hydrogens is 298 g/mol. The molecule has 1 aromatic rings. The first-order chi connectivity index (χ1) is 9.79. The molecule has 2 heterocycles. The number of rotatable bonds is 4. The number of amides is 1. The number of carbonyl (C=O) groups excluding carboxylic acids is 1. The molecule has 21 heavy (non-hydrogen) atoms. The molecule has 0 aliphatic carbocycles. The summed E-state index contributed by atoms with van der Waals surface area (Å²) in [6, 6.07) is 1.94. The second-order valence-corrected chi connectivity index (χ2v) is 6.69. The zero-order chi connectivity index (χ0) is 15.6. The van der Waals surface area contributed by atoms with Gasteiger partial charge in [-0.1, -0.05) is 0 Å². The van der Waals surface area contributed by atoms with Crippen molar-refractivity contribution < 1.29 is 23.1 Å². The van der Waals surface area contributed by atoms with E-state index in [4.69, 9.17) is 5.11 Å². The van der Waals surface area contributed by atoms with Crippen molar-refractivity contribution in [2.45, 2.75) is 18.9 Å². The van der Waals surface area contributed by atoms with Crippen LogP contribution in [-0.4, -0.2) is 53.5 Å².